The molecule has 0 aliphatic carbocycles. The van der Waals surface area contributed by atoms with Gasteiger partial charge in [0, 0.05) is 16.5 Å². The van der Waals surface area contributed by atoms with E-state index in [0.29, 0.717) is 27.6 Å². The number of fused-ring (bicyclic) bond motifs is 1. The number of benzene rings is 3. The molecule has 1 amide bonds. The van der Waals surface area contributed by atoms with Crippen LogP contribution in [0.5, 0.6) is 0 Å². The maximum atomic E-state index is 13.2. The number of anilines is 1. The monoisotopic (exact) mass is 608 g/mol. The van der Waals surface area contributed by atoms with Crippen molar-refractivity contribution in [2.24, 2.45) is 0 Å². The van der Waals surface area contributed by atoms with Gasteiger partial charge in [-0.3, -0.25) is 14.9 Å². The Morgan fingerprint density at radius 3 is 2.02 bits per heavy atom. The van der Waals surface area contributed by atoms with Gasteiger partial charge in [-0.05, 0) is 45.4 Å². The van der Waals surface area contributed by atoms with Gasteiger partial charge in [-0.2, -0.15) is 0 Å². The molecule has 0 saturated heterocycles. The van der Waals surface area contributed by atoms with Gasteiger partial charge >= 0.3 is 11.9 Å². The zero-order chi connectivity index (χ0) is 31.2. The summed E-state index contributed by atoms with van der Waals surface area (Å²) in [5.74, 6) is -1.56. The molecule has 1 N–H and O–H groups in total. The number of nitrogens with one attached hydrogen (secondary N) is 1. The van der Waals surface area contributed by atoms with Crippen molar-refractivity contribution in [1.82, 2.24) is 15.0 Å². The summed E-state index contributed by atoms with van der Waals surface area (Å²) in [5, 5.41) is 4.65. The van der Waals surface area contributed by atoms with Crippen molar-refractivity contribution in [1.29, 1.82) is 0 Å². The van der Waals surface area contributed by atoms with Crippen LogP contribution in [0.25, 0.3) is 33.5 Å². The lowest BCUT2D eigenvalue weighted by atomic mass is 10.0. The first-order chi connectivity index (χ1) is 21.2. The van der Waals surface area contributed by atoms with E-state index >= 15 is 0 Å². The van der Waals surface area contributed by atoms with Crippen LogP contribution in [0.2, 0.25) is 0 Å². The van der Waals surface area contributed by atoms with E-state index in [1.165, 1.54) is 11.3 Å². The summed E-state index contributed by atoms with van der Waals surface area (Å²) >= 11 is 1.18. The molecule has 1 atom stereocenters. The number of aromatic nitrogens is 3. The van der Waals surface area contributed by atoms with E-state index < -0.39 is 23.9 Å². The average molecular weight is 609 g/mol. The van der Waals surface area contributed by atoms with E-state index in [2.05, 4.69) is 10.3 Å². The van der Waals surface area contributed by atoms with Crippen molar-refractivity contribution in [2.45, 2.75) is 46.6 Å². The average Bonchev–Trinajstić information content (AvgIpc) is 3.45. The summed E-state index contributed by atoms with van der Waals surface area (Å²) in [4.78, 5) is 52.0. The fourth-order valence-corrected chi connectivity index (χ4v) is 5.23. The lowest BCUT2D eigenvalue weighted by Crippen LogP contribution is -2.32. The Balaban J connectivity index is 1.37. The van der Waals surface area contributed by atoms with Gasteiger partial charge in [-0.1, -0.05) is 66.6 Å². The number of hydrogen-bond donors (Lipinski definition) is 1. The Bertz CT molecular complexity index is 1820. The van der Waals surface area contributed by atoms with Gasteiger partial charge in [0.05, 0.1) is 46.7 Å². The quantitative estimate of drug-likeness (QED) is 0.174. The first-order valence-corrected chi connectivity index (χ1v) is 15.2. The van der Waals surface area contributed by atoms with Gasteiger partial charge in [-0.25, -0.2) is 19.7 Å². The molecule has 2 aromatic heterocycles. The number of esters is 2. The molecule has 44 heavy (non-hydrogen) atoms. The lowest BCUT2D eigenvalue weighted by Gasteiger charge is -2.15. The second kappa shape index (κ2) is 13.6. The number of carbonyl (C=O) groups is 3. The summed E-state index contributed by atoms with van der Waals surface area (Å²) in [6.07, 6.45) is -0.785. The van der Waals surface area contributed by atoms with Crippen molar-refractivity contribution >= 4 is 45.3 Å². The van der Waals surface area contributed by atoms with Crippen molar-refractivity contribution in [3.05, 3.63) is 94.5 Å². The van der Waals surface area contributed by atoms with Gasteiger partial charge in [0.1, 0.15) is 0 Å². The molecule has 0 spiro atoms. The predicted molar refractivity (Wildman–Crippen MR) is 170 cm³/mol. The number of thiazole rings is 1. The van der Waals surface area contributed by atoms with Gasteiger partial charge in [0.2, 0.25) is 0 Å². The van der Waals surface area contributed by atoms with Gasteiger partial charge in [-0.15, -0.1) is 11.3 Å². The minimum atomic E-state index is -1.05. The number of ether oxygens (including phenoxy) is 2. The molecule has 5 aromatic rings. The molecule has 1 unspecified atom stereocenters. The predicted octanol–water partition coefficient (Wildman–Crippen LogP) is 6.72. The third-order valence-electron chi connectivity index (χ3n) is 6.88. The molecule has 10 heteroatoms. The summed E-state index contributed by atoms with van der Waals surface area (Å²) < 4.78 is 10.5. The molecule has 0 aliphatic rings. The van der Waals surface area contributed by atoms with Crippen LogP contribution in [0.3, 0.4) is 0 Å². The van der Waals surface area contributed by atoms with Gasteiger partial charge < -0.3 is 9.47 Å². The highest BCUT2D eigenvalue weighted by molar-refractivity contribution is 7.13. The molecule has 224 valence electrons. The second-order valence-electron chi connectivity index (χ2n) is 10.3. The molecule has 0 saturated carbocycles. The Labute approximate surface area is 259 Å². The van der Waals surface area contributed by atoms with Crippen LogP contribution >= 0.6 is 11.3 Å². The highest BCUT2D eigenvalue weighted by atomic mass is 32.1. The Morgan fingerprint density at radius 2 is 1.43 bits per heavy atom. The van der Waals surface area contributed by atoms with E-state index in [1.54, 1.807) is 37.4 Å². The molecule has 9 nitrogen and oxygen atoms in total. The SMILES string of the molecule is CCOC(=O)Cc1csc(NC(=O)C(CC)OC(=O)c2ccc3nc(-c4ccc(C)cc4)c(-c4ccc(C)cc4)nc3c2)n1. The van der Waals surface area contributed by atoms with Crippen LogP contribution < -0.4 is 5.32 Å². The zero-order valence-corrected chi connectivity index (χ0v) is 25.7. The molecule has 0 fully saturated rings. The van der Waals surface area contributed by atoms with E-state index in [1.807, 2.05) is 62.4 Å². The van der Waals surface area contributed by atoms with Gasteiger partial charge in [0.15, 0.2) is 11.2 Å². The summed E-state index contributed by atoms with van der Waals surface area (Å²) in [7, 11) is 0. The van der Waals surface area contributed by atoms with Crippen LogP contribution in [-0.2, 0) is 25.5 Å². The fraction of sp³-hybridized carbons (Fsp3) is 0.235. The maximum absolute atomic E-state index is 13.2. The minimum Gasteiger partial charge on any atom is -0.466 e. The number of amides is 1. The largest absolute Gasteiger partial charge is 0.466 e. The molecule has 2 heterocycles. The maximum Gasteiger partial charge on any atom is 0.338 e. The van der Waals surface area contributed by atoms with Crippen LogP contribution in [0.4, 0.5) is 5.13 Å². The highest BCUT2D eigenvalue weighted by Crippen LogP contribution is 2.32. The van der Waals surface area contributed by atoms with Crippen LogP contribution in [0.15, 0.2) is 72.1 Å². The van der Waals surface area contributed by atoms with Crippen molar-refractivity contribution < 1.29 is 23.9 Å². The lowest BCUT2D eigenvalue weighted by molar-refractivity contribution is -0.142. The van der Waals surface area contributed by atoms with Gasteiger partial charge in [0.25, 0.3) is 5.91 Å². The third kappa shape index (κ3) is 7.15. The summed E-state index contributed by atoms with van der Waals surface area (Å²) in [6.45, 7) is 7.82. The number of hydrogen-bond acceptors (Lipinski definition) is 9. The second-order valence-corrected chi connectivity index (χ2v) is 11.1. The fourth-order valence-electron chi connectivity index (χ4n) is 4.52. The van der Waals surface area contributed by atoms with Crippen LogP contribution in [-0.4, -0.2) is 45.5 Å². The third-order valence-corrected chi connectivity index (χ3v) is 7.68. The van der Waals surface area contributed by atoms with Crippen molar-refractivity contribution in [3.63, 3.8) is 0 Å². The molecule has 3 aromatic carbocycles. The molecule has 0 bridgehead atoms. The Hall–Kier alpha value is -4.96. The number of aryl methyl sites for hydroxylation is 2. The molecule has 0 radical (unpaired) electrons. The summed E-state index contributed by atoms with van der Waals surface area (Å²) in [5.41, 5.74) is 7.45. The number of carbonyl (C=O) groups excluding carboxylic acids is 3. The van der Waals surface area contributed by atoms with Crippen molar-refractivity contribution in [3.8, 4) is 22.5 Å². The Kier molecular flexibility index (Phi) is 9.40. The molecule has 5 rings (SSSR count). The van der Waals surface area contributed by atoms with Crippen molar-refractivity contribution in [2.75, 3.05) is 11.9 Å². The molecule has 0 aliphatic heterocycles. The molecular formula is C34H32N4O5S. The van der Waals surface area contributed by atoms with E-state index in [0.717, 1.165) is 27.9 Å². The standard InChI is InChI=1S/C34H32N4O5S/c1-5-28(32(40)38-34-35-25(19-44-34)18-29(39)42-6-2)43-33(41)24-15-16-26-27(17-24)37-31(23-13-9-21(4)10-14-23)30(36-26)22-11-7-20(3)8-12-22/h7-17,19,28H,5-6,18H2,1-4H3,(H,35,38,40). The summed E-state index contributed by atoms with van der Waals surface area (Å²) in [6, 6.07) is 21.2. The number of nitrogens with zero attached hydrogens (tertiary/aromatic N) is 3. The van der Waals surface area contributed by atoms with E-state index in [4.69, 9.17) is 19.4 Å². The highest BCUT2D eigenvalue weighted by Gasteiger charge is 2.24. The van der Waals surface area contributed by atoms with Crippen LogP contribution in [0.1, 0.15) is 47.4 Å². The Morgan fingerprint density at radius 1 is 0.818 bits per heavy atom. The van der Waals surface area contributed by atoms with E-state index in [-0.39, 0.29) is 25.0 Å². The topological polar surface area (TPSA) is 120 Å². The normalized spacial score (nSPS) is 11.6. The number of rotatable bonds is 10. The minimum absolute atomic E-state index is 0.00932. The first-order valence-electron chi connectivity index (χ1n) is 14.3. The smallest absolute Gasteiger partial charge is 0.338 e. The van der Waals surface area contributed by atoms with Crippen LogP contribution in [0, 0.1) is 13.8 Å². The van der Waals surface area contributed by atoms with E-state index in [9.17, 15) is 14.4 Å². The first kappa shape index (κ1) is 30.5. The molecular weight excluding hydrogens is 576 g/mol. The zero-order valence-electron chi connectivity index (χ0n) is 24.9.